The van der Waals surface area contributed by atoms with Gasteiger partial charge in [0, 0.05) is 12.2 Å². The van der Waals surface area contributed by atoms with Gasteiger partial charge in [-0.2, -0.15) is 0 Å². The van der Waals surface area contributed by atoms with Gasteiger partial charge >= 0.3 is 6.03 Å². The number of nitrogens with one attached hydrogen (secondary N) is 2. The number of rotatable bonds is 5. The van der Waals surface area contributed by atoms with Crippen LogP contribution in [0, 0.1) is 5.82 Å². The van der Waals surface area contributed by atoms with Gasteiger partial charge in [0.15, 0.2) is 0 Å². The van der Waals surface area contributed by atoms with E-state index in [0.29, 0.717) is 18.7 Å². The van der Waals surface area contributed by atoms with Crippen LogP contribution in [0.15, 0.2) is 47.4 Å². The van der Waals surface area contributed by atoms with Crippen molar-refractivity contribution in [2.24, 2.45) is 5.14 Å². The SMILES string of the molecule is NS(=O)(=O)c1ccc(CCNC(=O)Nc2ccc(F)c(Cl)c2)cc1. The molecule has 0 aliphatic carbocycles. The van der Waals surface area contributed by atoms with Gasteiger partial charge in [-0.25, -0.2) is 22.7 Å². The predicted octanol–water partition coefficient (Wildman–Crippen LogP) is 2.49. The van der Waals surface area contributed by atoms with Crippen molar-refractivity contribution in [1.82, 2.24) is 5.32 Å². The molecule has 2 rings (SSSR count). The average Bonchev–Trinajstić information content (AvgIpc) is 2.50. The number of sulfonamides is 1. The largest absolute Gasteiger partial charge is 0.338 e. The second-order valence-electron chi connectivity index (χ2n) is 4.95. The first kappa shape index (κ1) is 18.2. The minimum absolute atomic E-state index is 0.0325. The molecule has 0 radical (unpaired) electrons. The van der Waals surface area contributed by atoms with Crippen LogP contribution >= 0.6 is 11.6 Å². The summed E-state index contributed by atoms with van der Waals surface area (Å²) in [6.45, 7) is 0.329. The lowest BCUT2D eigenvalue weighted by atomic mass is 10.1. The van der Waals surface area contributed by atoms with Crippen LogP contribution in [0.2, 0.25) is 5.02 Å². The molecule has 0 aliphatic rings. The summed E-state index contributed by atoms with van der Waals surface area (Å²) >= 11 is 5.63. The molecule has 6 nitrogen and oxygen atoms in total. The smallest absolute Gasteiger partial charge is 0.319 e. The van der Waals surface area contributed by atoms with Gasteiger partial charge in [0.2, 0.25) is 10.0 Å². The lowest BCUT2D eigenvalue weighted by Gasteiger charge is -2.08. The predicted molar refractivity (Wildman–Crippen MR) is 90.0 cm³/mol. The van der Waals surface area contributed by atoms with Crippen molar-refractivity contribution < 1.29 is 17.6 Å². The first-order valence-corrected chi connectivity index (χ1v) is 8.80. The second-order valence-corrected chi connectivity index (χ2v) is 6.92. The molecule has 0 saturated carbocycles. The molecule has 0 spiro atoms. The molecule has 0 aliphatic heterocycles. The summed E-state index contributed by atoms with van der Waals surface area (Å²) < 4.78 is 35.3. The van der Waals surface area contributed by atoms with Crippen LogP contribution in [0.3, 0.4) is 0 Å². The van der Waals surface area contributed by atoms with E-state index in [1.54, 1.807) is 12.1 Å². The molecule has 2 aromatic carbocycles. The molecule has 0 atom stereocenters. The fourth-order valence-corrected chi connectivity index (χ4v) is 2.61. The van der Waals surface area contributed by atoms with Gasteiger partial charge in [0.25, 0.3) is 0 Å². The van der Waals surface area contributed by atoms with Crippen molar-refractivity contribution in [3.63, 3.8) is 0 Å². The van der Waals surface area contributed by atoms with Crippen molar-refractivity contribution in [2.75, 3.05) is 11.9 Å². The van der Waals surface area contributed by atoms with E-state index in [0.717, 1.165) is 11.6 Å². The first-order valence-electron chi connectivity index (χ1n) is 6.87. The van der Waals surface area contributed by atoms with Crippen LogP contribution in [-0.2, 0) is 16.4 Å². The molecule has 2 aromatic rings. The minimum atomic E-state index is -3.71. The Morgan fingerprint density at radius 1 is 1.17 bits per heavy atom. The number of hydrogen-bond donors (Lipinski definition) is 3. The molecular weight excluding hydrogens is 357 g/mol. The molecule has 9 heteroatoms. The summed E-state index contributed by atoms with van der Waals surface area (Å²) in [5.41, 5.74) is 1.21. The average molecular weight is 372 g/mol. The fourth-order valence-electron chi connectivity index (χ4n) is 1.92. The summed E-state index contributed by atoms with van der Waals surface area (Å²) in [5.74, 6) is -0.564. The highest BCUT2D eigenvalue weighted by Gasteiger charge is 2.07. The van der Waals surface area contributed by atoms with Crippen LogP contribution in [0.4, 0.5) is 14.9 Å². The van der Waals surface area contributed by atoms with Gasteiger partial charge in [-0.3, -0.25) is 0 Å². The summed E-state index contributed by atoms with van der Waals surface area (Å²) in [6.07, 6.45) is 0.502. The monoisotopic (exact) mass is 371 g/mol. The van der Waals surface area contributed by atoms with Gasteiger partial charge in [-0.05, 0) is 42.3 Å². The van der Waals surface area contributed by atoms with E-state index in [-0.39, 0.29) is 9.92 Å². The molecule has 0 saturated heterocycles. The van der Waals surface area contributed by atoms with Gasteiger partial charge < -0.3 is 10.6 Å². The number of hydrogen-bond acceptors (Lipinski definition) is 3. The van der Waals surface area contributed by atoms with Crippen molar-refractivity contribution in [3.8, 4) is 0 Å². The van der Waals surface area contributed by atoms with Crippen molar-refractivity contribution >= 4 is 33.3 Å². The normalized spacial score (nSPS) is 11.1. The Morgan fingerprint density at radius 2 is 1.83 bits per heavy atom. The van der Waals surface area contributed by atoms with Gasteiger partial charge in [-0.15, -0.1) is 0 Å². The van der Waals surface area contributed by atoms with E-state index in [4.69, 9.17) is 16.7 Å². The number of anilines is 1. The Kier molecular flexibility index (Phi) is 5.76. The third-order valence-corrected chi connectivity index (χ3v) is 4.35. The summed E-state index contributed by atoms with van der Waals surface area (Å²) in [5, 5.41) is 10.1. The standard InChI is InChI=1S/C15H15ClFN3O3S/c16-13-9-11(3-6-14(13)17)20-15(21)19-8-7-10-1-4-12(5-2-10)24(18,22)23/h1-6,9H,7-8H2,(H2,18,22,23)(H2,19,20,21). The van der Waals surface area contributed by atoms with Crippen molar-refractivity contribution in [1.29, 1.82) is 0 Å². The zero-order chi connectivity index (χ0) is 17.7. The fraction of sp³-hybridized carbons (Fsp3) is 0.133. The zero-order valence-electron chi connectivity index (χ0n) is 12.4. The highest BCUT2D eigenvalue weighted by atomic mass is 35.5. The number of halogens is 2. The molecule has 2 amide bonds. The number of urea groups is 1. The molecule has 24 heavy (non-hydrogen) atoms. The number of nitrogens with two attached hydrogens (primary N) is 1. The topological polar surface area (TPSA) is 101 Å². The number of carbonyl (C=O) groups is 1. The Labute approximate surface area is 143 Å². The summed E-state index contributed by atoms with van der Waals surface area (Å²) in [4.78, 5) is 11.8. The van der Waals surface area contributed by atoms with E-state index in [1.165, 1.54) is 24.3 Å². The second kappa shape index (κ2) is 7.61. The van der Waals surface area contributed by atoms with Gasteiger partial charge in [0.1, 0.15) is 5.82 Å². The molecule has 4 N–H and O–H groups in total. The zero-order valence-corrected chi connectivity index (χ0v) is 14.0. The van der Waals surface area contributed by atoms with Crippen molar-refractivity contribution in [3.05, 3.63) is 58.9 Å². The molecular formula is C15H15ClFN3O3S. The molecule has 0 unspecified atom stereocenters. The van der Waals surface area contributed by atoms with E-state index in [9.17, 15) is 17.6 Å². The molecule has 0 heterocycles. The molecule has 128 valence electrons. The van der Waals surface area contributed by atoms with E-state index in [2.05, 4.69) is 10.6 Å². The Balaban J connectivity index is 1.83. The molecule has 0 fully saturated rings. The van der Waals surface area contributed by atoms with Gasteiger partial charge in [0.05, 0.1) is 9.92 Å². The number of primary sulfonamides is 1. The lowest BCUT2D eigenvalue weighted by molar-refractivity contribution is 0.252. The summed E-state index contributed by atoms with van der Waals surface area (Å²) in [7, 11) is -3.71. The summed E-state index contributed by atoms with van der Waals surface area (Å²) in [6, 6.07) is 9.47. The van der Waals surface area contributed by atoms with Gasteiger partial charge in [-0.1, -0.05) is 23.7 Å². The maximum atomic E-state index is 13.0. The van der Waals surface area contributed by atoms with E-state index >= 15 is 0 Å². The molecule has 0 bridgehead atoms. The highest BCUT2D eigenvalue weighted by Crippen LogP contribution is 2.19. The maximum absolute atomic E-state index is 13.0. The highest BCUT2D eigenvalue weighted by molar-refractivity contribution is 7.89. The van der Waals surface area contributed by atoms with Crippen LogP contribution < -0.4 is 15.8 Å². The van der Waals surface area contributed by atoms with Crippen molar-refractivity contribution in [2.45, 2.75) is 11.3 Å². The van der Waals surface area contributed by atoms with Crippen LogP contribution in [0.1, 0.15) is 5.56 Å². The van der Waals surface area contributed by atoms with Crippen LogP contribution in [0.5, 0.6) is 0 Å². The maximum Gasteiger partial charge on any atom is 0.319 e. The Hall–Kier alpha value is -2.16. The van der Waals surface area contributed by atoms with E-state index in [1.807, 2.05) is 0 Å². The Bertz CT molecular complexity index is 842. The third kappa shape index (κ3) is 5.19. The van der Waals surface area contributed by atoms with E-state index < -0.39 is 21.9 Å². The molecule has 0 aromatic heterocycles. The Morgan fingerprint density at radius 3 is 2.42 bits per heavy atom. The lowest BCUT2D eigenvalue weighted by Crippen LogP contribution is -2.30. The quantitative estimate of drug-likeness (QED) is 0.752. The number of benzene rings is 2. The van der Waals surface area contributed by atoms with Crippen LogP contribution in [0.25, 0.3) is 0 Å². The number of amides is 2. The third-order valence-electron chi connectivity index (χ3n) is 3.13. The number of carbonyl (C=O) groups excluding carboxylic acids is 1. The van der Waals surface area contributed by atoms with Crippen LogP contribution in [-0.4, -0.2) is 21.0 Å². The first-order chi connectivity index (χ1) is 11.3. The minimum Gasteiger partial charge on any atom is -0.338 e.